The van der Waals surface area contributed by atoms with Crippen molar-refractivity contribution >= 4 is 0 Å². The predicted octanol–water partition coefficient (Wildman–Crippen LogP) is 1.52. The van der Waals surface area contributed by atoms with Gasteiger partial charge in [-0.3, -0.25) is 0 Å². The molecule has 0 aliphatic heterocycles. The van der Waals surface area contributed by atoms with E-state index in [0.29, 0.717) is 31.2 Å². The Bertz CT molecular complexity index is 271. The summed E-state index contributed by atoms with van der Waals surface area (Å²) >= 11 is 0. The number of hydrogen-bond donors (Lipinski definition) is 3. The molecule has 0 radical (unpaired) electrons. The van der Waals surface area contributed by atoms with Crippen molar-refractivity contribution in [2.45, 2.75) is 59.1 Å². The molecule has 0 saturated heterocycles. The summed E-state index contributed by atoms with van der Waals surface area (Å²) in [7, 11) is 0. The van der Waals surface area contributed by atoms with Crippen molar-refractivity contribution < 1.29 is 9.84 Å². The molecule has 4 nitrogen and oxygen atoms in total. The summed E-state index contributed by atoms with van der Waals surface area (Å²) in [6.45, 7) is 11.4. The molecule has 0 bridgehead atoms. The largest absolute Gasteiger partial charge is 0.389 e. The predicted molar refractivity (Wildman–Crippen MR) is 79.1 cm³/mol. The maximum Gasteiger partial charge on any atom is 0.0897 e. The van der Waals surface area contributed by atoms with E-state index >= 15 is 0 Å². The van der Waals surface area contributed by atoms with Gasteiger partial charge in [-0.05, 0) is 37.0 Å². The first-order chi connectivity index (χ1) is 8.76. The summed E-state index contributed by atoms with van der Waals surface area (Å²) < 4.78 is 5.20. The van der Waals surface area contributed by atoms with E-state index in [1.54, 1.807) is 0 Å². The number of aliphatic hydroxyl groups is 1. The summed E-state index contributed by atoms with van der Waals surface area (Å²) in [6.07, 6.45) is 2.93. The lowest BCUT2D eigenvalue weighted by Gasteiger charge is -2.46. The van der Waals surface area contributed by atoms with Crippen LogP contribution in [0.15, 0.2) is 0 Å². The van der Waals surface area contributed by atoms with Gasteiger partial charge in [0.1, 0.15) is 0 Å². The van der Waals surface area contributed by atoms with E-state index in [0.717, 1.165) is 19.4 Å². The molecule has 1 rings (SSSR count). The lowest BCUT2D eigenvalue weighted by Crippen LogP contribution is -2.47. The summed E-state index contributed by atoms with van der Waals surface area (Å²) in [5.41, 5.74) is 6.73. The van der Waals surface area contributed by atoms with Gasteiger partial charge in [-0.2, -0.15) is 0 Å². The van der Waals surface area contributed by atoms with Gasteiger partial charge < -0.3 is 20.9 Å². The van der Waals surface area contributed by atoms with Gasteiger partial charge in [0.2, 0.25) is 0 Å². The van der Waals surface area contributed by atoms with E-state index in [2.05, 4.69) is 26.1 Å². The van der Waals surface area contributed by atoms with Crippen LogP contribution in [0.25, 0.3) is 0 Å². The molecule has 1 aliphatic rings. The van der Waals surface area contributed by atoms with Gasteiger partial charge in [-0.25, -0.2) is 0 Å². The van der Waals surface area contributed by atoms with Crippen LogP contribution in [-0.2, 0) is 4.74 Å². The highest BCUT2D eigenvalue weighted by atomic mass is 16.5. The number of nitrogens with one attached hydrogen (secondary N) is 1. The van der Waals surface area contributed by atoms with Crippen LogP contribution in [0.1, 0.15) is 47.0 Å². The van der Waals surface area contributed by atoms with Crippen molar-refractivity contribution in [2.75, 3.05) is 26.3 Å². The van der Waals surface area contributed by atoms with Crippen LogP contribution in [0.4, 0.5) is 0 Å². The number of nitrogens with two attached hydrogens (primary N) is 1. The Hall–Kier alpha value is -0.160. The second kappa shape index (κ2) is 7.02. The molecule has 3 atom stereocenters. The molecule has 0 aromatic carbocycles. The zero-order valence-electron chi connectivity index (χ0n) is 13.0. The summed E-state index contributed by atoms with van der Waals surface area (Å²) in [5.74, 6) is 0. The van der Waals surface area contributed by atoms with Crippen molar-refractivity contribution in [3.05, 3.63) is 0 Å². The molecule has 0 heterocycles. The fraction of sp³-hybridized carbons (Fsp3) is 1.00. The van der Waals surface area contributed by atoms with Crippen molar-refractivity contribution in [3.8, 4) is 0 Å². The van der Waals surface area contributed by atoms with E-state index in [4.69, 9.17) is 10.5 Å². The van der Waals surface area contributed by atoms with E-state index < -0.39 is 6.10 Å². The second-order valence-electron chi connectivity index (χ2n) is 7.26. The highest BCUT2D eigenvalue weighted by Gasteiger charge is 2.39. The Labute approximate surface area is 118 Å². The lowest BCUT2D eigenvalue weighted by atomic mass is 9.63. The Morgan fingerprint density at radius 2 is 2.05 bits per heavy atom. The van der Waals surface area contributed by atoms with Crippen molar-refractivity contribution in [2.24, 2.45) is 16.6 Å². The zero-order chi connectivity index (χ0) is 14.5. The molecule has 4 N–H and O–H groups in total. The Morgan fingerprint density at radius 3 is 2.63 bits per heavy atom. The molecule has 0 amide bonds. The number of hydrogen-bond acceptors (Lipinski definition) is 4. The van der Waals surface area contributed by atoms with Crippen LogP contribution >= 0.6 is 0 Å². The maximum absolute atomic E-state index is 9.74. The number of aliphatic hydroxyl groups excluding tert-OH is 1. The minimum atomic E-state index is -0.422. The van der Waals surface area contributed by atoms with E-state index in [9.17, 15) is 5.11 Å². The Kier molecular flexibility index (Phi) is 6.24. The quantitative estimate of drug-likeness (QED) is 0.657. The van der Waals surface area contributed by atoms with E-state index in [1.165, 1.54) is 6.42 Å². The van der Waals surface area contributed by atoms with Crippen LogP contribution in [0.5, 0.6) is 0 Å². The molecule has 4 heteroatoms. The summed E-state index contributed by atoms with van der Waals surface area (Å²) in [4.78, 5) is 0. The van der Waals surface area contributed by atoms with Gasteiger partial charge in [0.05, 0.1) is 12.7 Å². The van der Waals surface area contributed by atoms with Crippen LogP contribution in [0, 0.1) is 10.8 Å². The van der Waals surface area contributed by atoms with Gasteiger partial charge in [-0.15, -0.1) is 0 Å². The first-order valence-corrected chi connectivity index (χ1v) is 7.48. The van der Waals surface area contributed by atoms with Crippen molar-refractivity contribution in [1.29, 1.82) is 0 Å². The van der Waals surface area contributed by atoms with Gasteiger partial charge in [0.15, 0.2) is 0 Å². The third kappa shape index (κ3) is 6.21. The third-order valence-corrected chi connectivity index (χ3v) is 3.92. The molecule has 0 spiro atoms. The second-order valence-corrected chi connectivity index (χ2v) is 7.26. The molecule has 1 saturated carbocycles. The maximum atomic E-state index is 9.74. The van der Waals surface area contributed by atoms with Crippen LogP contribution in [-0.4, -0.2) is 43.6 Å². The minimum absolute atomic E-state index is 0.229. The smallest absolute Gasteiger partial charge is 0.0897 e. The van der Waals surface area contributed by atoms with E-state index in [-0.39, 0.29) is 5.41 Å². The fourth-order valence-corrected chi connectivity index (χ4v) is 3.70. The fourth-order valence-electron chi connectivity index (χ4n) is 3.70. The standard InChI is InChI=1S/C15H32N2O2/c1-5-19-9-13(18)8-17-11-15(4)7-12(16)6-14(2,3)10-15/h12-13,17-18H,5-11,16H2,1-4H3. The van der Waals surface area contributed by atoms with Gasteiger partial charge >= 0.3 is 0 Å². The highest BCUT2D eigenvalue weighted by molar-refractivity contribution is 4.94. The molecular weight excluding hydrogens is 240 g/mol. The van der Waals surface area contributed by atoms with Crippen molar-refractivity contribution in [3.63, 3.8) is 0 Å². The number of ether oxygens (including phenoxy) is 1. The molecule has 114 valence electrons. The normalized spacial score (nSPS) is 32.2. The zero-order valence-corrected chi connectivity index (χ0v) is 13.0. The summed E-state index contributed by atoms with van der Waals surface area (Å²) in [6, 6.07) is 0.295. The van der Waals surface area contributed by atoms with Gasteiger partial charge in [-0.1, -0.05) is 20.8 Å². The average molecular weight is 272 g/mol. The topological polar surface area (TPSA) is 67.5 Å². The third-order valence-electron chi connectivity index (χ3n) is 3.92. The average Bonchev–Trinajstić information content (AvgIpc) is 2.22. The monoisotopic (exact) mass is 272 g/mol. The molecule has 1 fully saturated rings. The molecule has 0 aromatic rings. The van der Waals surface area contributed by atoms with Crippen LogP contribution in [0.3, 0.4) is 0 Å². The number of rotatable bonds is 7. The summed E-state index contributed by atoms with van der Waals surface area (Å²) in [5, 5.41) is 13.1. The molecule has 0 aromatic heterocycles. The SMILES string of the molecule is CCOCC(O)CNCC1(C)CC(N)CC(C)(C)C1. The lowest BCUT2D eigenvalue weighted by molar-refractivity contribution is 0.0367. The highest BCUT2D eigenvalue weighted by Crippen LogP contribution is 2.45. The molecule has 3 unspecified atom stereocenters. The van der Waals surface area contributed by atoms with Crippen molar-refractivity contribution in [1.82, 2.24) is 5.32 Å². The van der Waals surface area contributed by atoms with Gasteiger partial charge in [0.25, 0.3) is 0 Å². The van der Waals surface area contributed by atoms with Crippen LogP contribution in [0.2, 0.25) is 0 Å². The van der Waals surface area contributed by atoms with E-state index in [1.807, 2.05) is 6.92 Å². The van der Waals surface area contributed by atoms with Crippen LogP contribution < -0.4 is 11.1 Å². The first-order valence-electron chi connectivity index (χ1n) is 7.48. The minimum Gasteiger partial charge on any atom is -0.389 e. The van der Waals surface area contributed by atoms with Gasteiger partial charge in [0, 0.05) is 25.7 Å². The molecule has 1 aliphatic carbocycles. The Morgan fingerprint density at radius 1 is 1.37 bits per heavy atom. The first kappa shape index (κ1) is 16.9. The Balaban J connectivity index is 2.34. The molecule has 19 heavy (non-hydrogen) atoms. The molecular formula is C15H32N2O2.